The second-order valence-electron chi connectivity index (χ2n) is 8.15. The zero-order chi connectivity index (χ0) is 17.2. The minimum Gasteiger partial charge on any atom is -1.00 e. The van der Waals surface area contributed by atoms with Gasteiger partial charge in [-0.1, -0.05) is 96.8 Å². The molecule has 3 heteroatoms. The van der Waals surface area contributed by atoms with E-state index in [1.165, 1.54) is 109 Å². The molecule has 2 nitrogen and oxygen atoms in total. The predicted octanol–water partition coefficient (Wildman–Crippen LogP) is 3.24. The van der Waals surface area contributed by atoms with Crippen molar-refractivity contribution in [1.29, 1.82) is 0 Å². The Morgan fingerprint density at radius 3 is 1.12 bits per heavy atom. The zero-order valence-electron chi connectivity index (χ0n) is 17.1. The predicted molar refractivity (Wildman–Crippen MR) is 106 cm³/mol. The fraction of sp³-hybridized carbons (Fsp3) is 1.00. The van der Waals surface area contributed by atoms with E-state index >= 15 is 0 Å². The summed E-state index contributed by atoms with van der Waals surface area (Å²) in [7, 11) is 4.45. The highest BCUT2D eigenvalue weighted by molar-refractivity contribution is 4.50. The van der Waals surface area contributed by atoms with Crippen LogP contribution in [-0.2, 0) is 0 Å². The Kier molecular flexibility index (Phi) is 21.9. The van der Waals surface area contributed by atoms with Crippen LogP contribution in [0.4, 0.5) is 0 Å². The van der Waals surface area contributed by atoms with E-state index in [0.29, 0.717) is 0 Å². The highest BCUT2D eigenvalue weighted by atomic mass is 79.9. The summed E-state index contributed by atoms with van der Waals surface area (Å²) in [5.41, 5.74) is 5.74. The molecular formula is C21H47BrN2. The second-order valence-corrected chi connectivity index (χ2v) is 8.15. The first-order valence-electron chi connectivity index (χ1n) is 10.6. The minimum atomic E-state index is 0. The molecule has 0 bridgehead atoms. The molecule has 2 N–H and O–H groups in total. The maximum absolute atomic E-state index is 5.74. The van der Waals surface area contributed by atoms with Gasteiger partial charge in [0.1, 0.15) is 6.67 Å². The van der Waals surface area contributed by atoms with Gasteiger partial charge in [0.15, 0.2) is 0 Å². The molecule has 148 valence electrons. The molecule has 0 unspecified atom stereocenters. The van der Waals surface area contributed by atoms with Crippen molar-refractivity contribution in [2.75, 3.05) is 27.3 Å². The molecule has 0 aromatic heterocycles. The maximum Gasteiger partial charge on any atom is 0.129 e. The Morgan fingerprint density at radius 1 is 0.542 bits per heavy atom. The van der Waals surface area contributed by atoms with Gasteiger partial charge in [-0.05, 0) is 12.8 Å². The van der Waals surface area contributed by atoms with E-state index in [1.54, 1.807) is 0 Å². The first kappa shape index (κ1) is 26.6. The van der Waals surface area contributed by atoms with E-state index in [0.717, 1.165) is 11.2 Å². The van der Waals surface area contributed by atoms with Gasteiger partial charge in [0.05, 0.1) is 20.6 Å². The van der Waals surface area contributed by atoms with Gasteiger partial charge in [0, 0.05) is 0 Å². The summed E-state index contributed by atoms with van der Waals surface area (Å²) < 4.78 is 0.971. The van der Waals surface area contributed by atoms with Gasteiger partial charge in [0.25, 0.3) is 0 Å². The summed E-state index contributed by atoms with van der Waals surface area (Å²) in [6.07, 6.45) is 23.0. The molecule has 0 spiro atoms. The molecule has 0 radical (unpaired) electrons. The normalized spacial score (nSPS) is 11.5. The number of halogens is 1. The molecular weight excluding hydrogens is 360 g/mol. The van der Waals surface area contributed by atoms with Crippen LogP contribution in [-0.4, -0.2) is 31.8 Å². The van der Waals surface area contributed by atoms with Crippen molar-refractivity contribution >= 4 is 0 Å². The lowest BCUT2D eigenvalue weighted by molar-refractivity contribution is -0.890. The number of nitrogens with two attached hydrogens (primary N) is 1. The van der Waals surface area contributed by atoms with Gasteiger partial charge in [-0.3, -0.25) is 5.73 Å². The number of hydrogen-bond donors (Lipinski definition) is 1. The highest BCUT2D eigenvalue weighted by Gasteiger charge is 2.10. The van der Waals surface area contributed by atoms with Crippen LogP contribution in [0.3, 0.4) is 0 Å². The smallest absolute Gasteiger partial charge is 0.129 e. The Labute approximate surface area is 164 Å². The van der Waals surface area contributed by atoms with Crippen molar-refractivity contribution in [2.45, 2.75) is 110 Å². The van der Waals surface area contributed by atoms with Crippen molar-refractivity contribution in [3.8, 4) is 0 Å². The molecule has 0 aromatic carbocycles. The summed E-state index contributed by atoms with van der Waals surface area (Å²) in [5.74, 6) is 0. The Morgan fingerprint density at radius 2 is 0.833 bits per heavy atom. The summed E-state index contributed by atoms with van der Waals surface area (Å²) in [6.45, 7) is 4.29. The lowest BCUT2D eigenvalue weighted by Gasteiger charge is -2.27. The van der Waals surface area contributed by atoms with E-state index in [-0.39, 0.29) is 17.0 Å². The second kappa shape index (κ2) is 19.7. The SMILES string of the molecule is CCCCCCCCCCCCCCCCCC[N+](C)(C)CN.[Br-]. The van der Waals surface area contributed by atoms with Gasteiger partial charge in [-0.25, -0.2) is 0 Å². The average Bonchev–Trinajstić information content (AvgIpc) is 2.54. The lowest BCUT2D eigenvalue weighted by atomic mass is 10.0. The fourth-order valence-electron chi connectivity index (χ4n) is 3.18. The quantitative estimate of drug-likeness (QED) is 0.211. The van der Waals surface area contributed by atoms with E-state index < -0.39 is 0 Å². The molecule has 0 aliphatic heterocycles. The van der Waals surface area contributed by atoms with E-state index in [4.69, 9.17) is 5.73 Å². The molecule has 0 rings (SSSR count). The van der Waals surface area contributed by atoms with Crippen molar-refractivity contribution in [3.05, 3.63) is 0 Å². The van der Waals surface area contributed by atoms with Crippen molar-refractivity contribution in [2.24, 2.45) is 5.73 Å². The third-order valence-electron chi connectivity index (χ3n) is 5.11. The number of unbranched alkanes of at least 4 members (excludes halogenated alkanes) is 15. The van der Waals surface area contributed by atoms with Gasteiger partial charge >= 0.3 is 0 Å². The van der Waals surface area contributed by atoms with Crippen molar-refractivity contribution < 1.29 is 21.5 Å². The molecule has 0 atom stereocenters. The van der Waals surface area contributed by atoms with Crippen LogP contribution in [0.5, 0.6) is 0 Å². The summed E-state index contributed by atoms with van der Waals surface area (Å²) in [5, 5.41) is 0. The molecule has 0 saturated heterocycles. The molecule has 24 heavy (non-hydrogen) atoms. The van der Waals surface area contributed by atoms with Gasteiger partial charge in [0.2, 0.25) is 0 Å². The molecule has 0 amide bonds. The monoisotopic (exact) mass is 406 g/mol. The minimum absolute atomic E-state index is 0. The molecule has 0 saturated carbocycles. The van der Waals surface area contributed by atoms with Gasteiger partial charge in [-0.15, -0.1) is 0 Å². The van der Waals surface area contributed by atoms with Crippen LogP contribution >= 0.6 is 0 Å². The standard InChI is InChI=1S/C21H47N2.BrH/c1-4-5-6-7-8-9-10-11-12-13-14-15-16-17-18-19-20-23(2,3)21-22;/h4-22H2,1-3H3;1H/q+1;/p-1. The van der Waals surface area contributed by atoms with Crippen molar-refractivity contribution in [3.63, 3.8) is 0 Å². The number of hydrogen-bond acceptors (Lipinski definition) is 1. The molecule has 0 fully saturated rings. The Bertz CT molecular complexity index is 232. The molecule has 0 aliphatic carbocycles. The number of quaternary nitrogens is 1. The zero-order valence-corrected chi connectivity index (χ0v) is 18.7. The van der Waals surface area contributed by atoms with E-state index in [2.05, 4.69) is 21.0 Å². The third-order valence-corrected chi connectivity index (χ3v) is 5.11. The van der Waals surface area contributed by atoms with Crippen LogP contribution in [0.1, 0.15) is 110 Å². The maximum atomic E-state index is 5.74. The van der Waals surface area contributed by atoms with Crippen molar-refractivity contribution in [1.82, 2.24) is 0 Å². The number of nitrogens with zero attached hydrogens (tertiary/aromatic N) is 1. The number of rotatable bonds is 18. The van der Waals surface area contributed by atoms with Gasteiger partial charge < -0.3 is 21.5 Å². The first-order valence-corrected chi connectivity index (χ1v) is 10.6. The molecule has 0 aliphatic rings. The van der Waals surface area contributed by atoms with Gasteiger partial charge in [-0.2, -0.15) is 0 Å². The van der Waals surface area contributed by atoms with Crippen LogP contribution < -0.4 is 22.7 Å². The first-order chi connectivity index (χ1) is 11.1. The topological polar surface area (TPSA) is 26.0 Å². The summed E-state index contributed by atoms with van der Waals surface area (Å²) in [4.78, 5) is 0. The lowest BCUT2D eigenvalue weighted by Crippen LogP contribution is -3.00. The summed E-state index contributed by atoms with van der Waals surface area (Å²) >= 11 is 0. The average molecular weight is 408 g/mol. The van der Waals surface area contributed by atoms with E-state index in [9.17, 15) is 0 Å². The fourth-order valence-corrected chi connectivity index (χ4v) is 3.18. The molecule has 0 aromatic rings. The third kappa shape index (κ3) is 20.4. The van der Waals surface area contributed by atoms with Crippen LogP contribution in [0, 0.1) is 0 Å². The van der Waals surface area contributed by atoms with Crippen LogP contribution in [0.25, 0.3) is 0 Å². The van der Waals surface area contributed by atoms with Crippen LogP contribution in [0.2, 0.25) is 0 Å². The Hall–Kier alpha value is 0.400. The summed E-state index contributed by atoms with van der Waals surface area (Å²) in [6, 6.07) is 0. The highest BCUT2D eigenvalue weighted by Crippen LogP contribution is 2.14. The molecule has 0 heterocycles. The largest absolute Gasteiger partial charge is 1.00 e. The Balaban J connectivity index is 0. The van der Waals surface area contributed by atoms with E-state index in [1.807, 2.05) is 0 Å². The van der Waals surface area contributed by atoms with Crippen LogP contribution in [0.15, 0.2) is 0 Å².